The monoisotopic (exact) mass is 405 g/mol. The second-order valence-corrected chi connectivity index (χ2v) is 7.28. The molecule has 0 aromatic heterocycles. The van der Waals surface area contributed by atoms with Crippen LogP contribution in [0.5, 0.6) is 0 Å². The zero-order chi connectivity index (χ0) is 13.7. The predicted molar refractivity (Wildman–Crippen MR) is 83.5 cm³/mol. The van der Waals surface area contributed by atoms with Crippen LogP contribution in [0.3, 0.4) is 0 Å². The molecule has 0 bridgehead atoms. The van der Waals surface area contributed by atoms with Gasteiger partial charge in [-0.1, -0.05) is 0 Å². The van der Waals surface area contributed by atoms with Gasteiger partial charge in [0.1, 0.15) is 0 Å². The molecule has 1 amide bonds. The van der Waals surface area contributed by atoms with Gasteiger partial charge in [0, 0.05) is 16.3 Å². The molecule has 8 heteroatoms. The van der Waals surface area contributed by atoms with Crippen LogP contribution in [-0.4, -0.2) is 61.2 Å². The summed E-state index contributed by atoms with van der Waals surface area (Å²) >= 11 is 2.10. The molecule has 0 radical (unpaired) electrons. The van der Waals surface area contributed by atoms with E-state index in [0.717, 1.165) is 3.57 Å². The van der Waals surface area contributed by atoms with Crippen molar-refractivity contribution in [3.05, 3.63) is 27.3 Å². The van der Waals surface area contributed by atoms with Gasteiger partial charge in [-0.3, -0.25) is 9.35 Å². The molecule has 0 aliphatic carbocycles. The Morgan fingerprint density at radius 1 is 1.42 bits per heavy atom. The third kappa shape index (κ3) is 3.16. The number of hydrogen-bond donors (Lipinski definition) is 1. The molecule has 19 heavy (non-hydrogen) atoms. The molecule has 1 heterocycles. The van der Waals surface area contributed by atoms with Crippen molar-refractivity contribution in [1.82, 2.24) is 0 Å². The van der Waals surface area contributed by atoms with E-state index in [9.17, 15) is 13.2 Å². The topological polar surface area (TPSA) is 74.7 Å². The average molecular weight is 405 g/mol. The fourth-order valence-electron chi connectivity index (χ4n) is 2.34. The second-order valence-electron chi connectivity index (χ2n) is 4.58. The van der Waals surface area contributed by atoms with Gasteiger partial charge in [-0.15, -0.1) is 0 Å². The van der Waals surface area contributed by atoms with E-state index < -0.39 is 21.3 Å². The van der Waals surface area contributed by atoms with E-state index in [1.54, 1.807) is 26.1 Å². The molecule has 0 spiro atoms. The SMILES string of the molecule is CN1C(=O)C(C)(CS(=O)(=O)O)c2cc(I)ccc21.[NaH]. The van der Waals surface area contributed by atoms with Crippen molar-refractivity contribution in [3.8, 4) is 0 Å². The molecule has 5 nitrogen and oxygen atoms in total. The first-order valence-electron chi connectivity index (χ1n) is 5.18. The van der Waals surface area contributed by atoms with E-state index in [2.05, 4.69) is 22.6 Å². The quantitative estimate of drug-likeness (QED) is 0.448. The van der Waals surface area contributed by atoms with Crippen molar-refractivity contribution >= 4 is 73.9 Å². The van der Waals surface area contributed by atoms with Gasteiger partial charge in [-0.25, -0.2) is 0 Å². The van der Waals surface area contributed by atoms with E-state index in [-0.39, 0.29) is 35.5 Å². The summed E-state index contributed by atoms with van der Waals surface area (Å²) in [5, 5.41) is 0. The summed E-state index contributed by atoms with van der Waals surface area (Å²) in [6.07, 6.45) is 0. The Balaban J connectivity index is 0.00000180. The number of anilines is 1. The van der Waals surface area contributed by atoms with Gasteiger partial charge >= 0.3 is 29.6 Å². The predicted octanol–water partition coefficient (Wildman–Crippen LogP) is 0.765. The van der Waals surface area contributed by atoms with Crippen molar-refractivity contribution in [2.45, 2.75) is 12.3 Å². The van der Waals surface area contributed by atoms with Crippen LogP contribution in [0.1, 0.15) is 12.5 Å². The van der Waals surface area contributed by atoms with Gasteiger partial charge in [-0.05, 0) is 53.3 Å². The summed E-state index contributed by atoms with van der Waals surface area (Å²) in [4.78, 5) is 13.6. The maximum atomic E-state index is 12.2. The zero-order valence-electron chi connectivity index (χ0n) is 9.84. The maximum absolute atomic E-state index is 12.2. The number of nitrogens with zero attached hydrogens (tertiary/aromatic N) is 1. The Morgan fingerprint density at radius 3 is 2.53 bits per heavy atom. The number of amides is 1. The van der Waals surface area contributed by atoms with Crippen molar-refractivity contribution < 1.29 is 17.8 Å². The van der Waals surface area contributed by atoms with E-state index in [0.29, 0.717) is 11.3 Å². The van der Waals surface area contributed by atoms with E-state index in [1.165, 1.54) is 4.90 Å². The van der Waals surface area contributed by atoms with Crippen LogP contribution in [0.4, 0.5) is 5.69 Å². The Hall–Kier alpha value is 0.330. The van der Waals surface area contributed by atoms with Gasteiger partial charge in [0.25, 0.3) is 10.1 Å². The second kappa shape index (κ2) is 5.61. The molecule has 1 unspecified atom stereocenters. The molecule has 0 saturated heterocycles. The van der Waals surface area contributed by atoms with Crippen molar-refractivity contribution in [2.24, 2.45) is 0 Å². The first kappa shape index (κ1) is 17.4. The number of halogens is 1. The number of fused-ring (bicyclic) bond motifs is 1. The van der Waals surface area contributed by atoms with Gasteiger partial charge in [-0.2, -0.15) is 8.42 Å². The van der Waals surface area contributed by atoms with Crippen LogP contribution in [0.2, 0.25) is 0 Å². The fourth-order valence-corrected chi connectivity index (χ4v) is 3.84. The number of likely N-dealkylation sites (N-methyl/N-ethyl adjacent to an activating group) is 1. The first-order chi connectivity index (χ1) is 8.15. The minimum atomic E-state index is -4.23. The number of benzene rings is 1. The van der Waals surface area contributed by atoms with Crippen molar-refractivity contribution in [1.29, 1.82) is 0 Å². The Kier molecular flexibility index (Phi) is 5.13. The normalized spacial score (nSPS) is 22.1. The molecular weight excluding hydrogens is 392 g/mol. The average Bonchev–Trinajstić information content (AvgIpc) is 2.39. The molecule has 1 atom stereocenters. The van der Waals surface area contributed by atoms with Crippen LogP contribution >= 0.6 is 22.6 Å². The molecule has 1 aromatic carbocycles. The first-order valence-corrected chi connectivity index (χ1v) is 7.87. The minimum absolute atomic E-state index is 0. The molecule has 0 saturated carbocycles. The molecular formula is C11H13INNaO4S. The van der Waals surface area contributed by atoms with Gasteiger partial charge in [0.2, 0.25) is 5.91 Å². The molecule has 100 valence electrons. The fraction of sp³-hybridized carbons (Fsp3) is 0.364. The van der Waals surface area contributed by atoms with Crippen LogP contribution in [0, 0.1) is 3.57 Å². The van der Waals surface area contributed by atoms with Crippen molar-refractivity contribution in [2.75, 3.05) is 17.7 Å². The third-order valence-electron chi connectivity index (χ3n) is 3.16. The van der Waals surface area contributed by atoms with Gasteiger partial charge in [0.05, 0.1) is 11.2 Å². The summed E-state index contributed by atoms with van der Waals surface area (Å²) < 4.78 is 32.2. The van der Waals surface area contributed by atoms with Crippen LogP contribution in [0.25, 0.3) is 0 Å². The summed E-state index contributed by atoms with van der Waals surface area (Å²) in [5.74, 6) is -0.923. The Morgan fingerprint density at radius 2 is 2.00 bits per heavy atom. The van der Waals surface area contributed by atoms with Crippen LogP contribution < -0.4 is 4.90 Å². The summed E-state index contributed by atoms with van der Waals surface area (Å²) in [7, 11) is -2.63. The van der Waals surface area contributed by atoms with Crippen LogP contribution in [0.15, 0.2) is 18.2 Å². The number of hydrogen-bond acceptors (Lipinski definition) is 3. The summed E-state index contributed by atoms with van der Waals surface area (Å²) in [6, 6.07) is 5.41. The molecule has 1 aliphatic rings. The number of carbonyl (C=O) groups is 1. The number of rotatable bonds is 2. The van der Waals surface area contributed by atoms with Gasteiger partial charge in [0.15, 0.2) is 0 Å². The molecule has 1 aromatic rings. The number of carbonyl (C=O) groups excluding carboxylic acids is 1. The van der Waals surface area contributed by atoms with Gasteiger partial charge < -0.3 is 4.90 Å². The van der Waals surface area contributed by atoms with Crippen molar-refractivity contribution in [3.63, 3.8) is 0 Å². The summed E-state index contributed by atoms with van der Waals surface area (Å²) in [6.45, 7) is 1.54. The third-order valence-corrected chi connectivity index (χ3v) is 4.78. The molecule has 1 aliphatic heterocycles. The standard InChI is InChI=1S/C11H12INO4S.Na.H/c1-11(6-18(15,16)17)8-5-7(12)3-4-9(8)13(2)10(11)14;;/h3-5H,6H2,1-2H3,(H,15,16,17);;. The van der Waals surface area contributed by atoms with Crippen LogP contribution in [-0.2, 0) is 20.3 Å². The van der Waals surface area contributed by atoms with E-state index in [1.807, 2.05) is 6.07 Å². The molecule has 2 rings (SSSR count). The van der Waals surface area contributed by atoms with E-state index in [4.69, 9.17) is 4.55 Å². The Bertz CT molecular complexity index is 634. The molecule has 0 fully saturated rings. The zero-order valence-corrected chi connectivity index (χ0v) is 12.8. The summed E-state index contributed by atoms with van der Waals surface area (Å²) in [5.41, 5.74) is 0.102. The Labute approximate surface area is 147 Å². The molecule has 1 N–H and O–H groups in total. The van der Waals surface area contributed by atoms with E-state index >= 15 is 0 Å².